The minimum absolute atomic E-state index is 0.120. The molecule has 8 heteroatoms. The molecule has 0 spiro atoms. The number of hydrogen-bond acceptors (Lipinski definition) is 3. The van der Waals surface area contributed by atoms with Crippen molar-refractivity contribution in [2.75, 3.05) is 32.8 Å². The number of aliphatic imine (C=N–C) groups is 1. The largest absolute Gasteiger partial charge is 0.416 e. The van der Waals surface area contributed by atoms with Crippen LogP contribution in [0.3, 0.4) is 0 Å². The smallest absolute Gasteiger partial charge is 0.373 e. The van der Waals surface area contributed by atoms with Crippen molar-refractivity contribution < 1.29 is 17.9 Å². The summed E-state index contributed by atoms with van der Waals surface area (Å²) in [6, 6.07) is 5.69. The monoisotopic (exact) mass is 384 g/mol. The lowest BCUT2D eigenvalue weighted by atomic mass is 10.1. The second kappa shape index (κ2) is 8.93. The zero-order valence-corrected chi connectivity index (χ0v) is 15.6. The highest BCUT2D eigenvalue weighted by Gasteiger charge is 2.32. The Hall–Kier alpha value is -1.80. The van der Waals surface area contributed by atoms with Gasteiger partial charge in [0.15, 0.2) is 5.96 Å². The van der Waals surface area contributed by atoms with Gasteiger partial charge in [-0.15, -0.1) is 0 Å². The summed E-state index contributed by atoms with van der Waals surface area (Å²) in [7, 11) is 0. The number of nitrogens with one attached hydrogen (secondary N) is 2. The third-order valence-corrected chi connectivity index (χ3v) is 5.00. The van der Waals surface area contributed by atoms with E-state index in [2.05, 4.69) is 20.5 Å². The number of ether oxygens (including phenoxy) is 1. The summed E-state index contributed by atoms with van der Waals surface area (Å²) < 4.78 is 43.8. The molecule has 0 amide bonds. The van der Waals surface area contributed by atoms with E-state index < -0.39 is 11.7 Å². The van der Waals surface area contributed by atoms with Crippen molar-refractivity contribution in [2.45, 2.75) is 44.6 Å². The van der Waals surface area contributed by atoms with Gasteiger partial charge in [0.1, 0.15) is 0 Å². The van der Waals surface area contributed by atoms with Gasteiger partial charge in [0.25, 0.3) is 0 Å². The second-order valence-corrected chi connectivity index (χ2v) is 7.02. The van der Waals surface area contributed by atoms with E-state index in [4.69, 9.17) is 4.74 Å². The predicted octanol–water partition coefficient (Wildman–Crippen LogP) is 2.62. The van der Waals surface area contributed by atoms with Crippen LogP contribution in [0, 0.1) is 0 Å². The van der Waals surface area contributed by atoms with Crippen LogP contribution >= 0.6 is 0 Å². The Bertz CT molecular complexity index is 633. The summed E-state index contributed by atoms with van der Waals surface area (Å²) in [4.78, 5) is 6.96. The maximum Gasteiger partial charge on any atom is 0.416 e. The number of morpholine rings is 1. The molecule has 5 nitrogen and oxygen atoms in total. The summed E-state index contributed by atoms with van der Waals surface area (Å²) in [5, 5.41) is 6.45. The number of alkyl halides is 3. The molecule has 2 aliphatic heterocycles. The van der Waals surface area contributed by atoms with Crippen LogP contribution in [0.25, 0.3) is 0 Å². The highest BCUT2D eigenvalue weighted by atomic mass is 19.4. The summed E-state index contributed by atoms with van der Waals surface area (Å²) in [5.74, 6) is 0.643. The van der Waals surface area contributed by atoms with Crippen molar-refractivity contribution in [1.29, 1.82) is 0 Å². The fraction of sp³-hybridized carbons (Fsp3) is 0.632. The molecule has 2 aliphatic rings. The Morgan fingerprint density at radius 3 is 2.74 bits per heavy atom. The molecule has 27 heavy (non-hydrogen) atoms. The Morgan fingerprint density at radius 2 is 2.04 bits per heavy atom. The van der Waals surface area contributed by atoms with E-state index in [1.54, 1.807) is 0 Å². The van der Waals surface area contributed by atoms with Gasteiger partial charge in [-0.3, -0.25) is 4.90 Å². The van der Waals surface area contributed by atoms with E-state index in [1.807, 2.05) is 6.92 Å². The van der Waals surface area contributed by atoms with E-state index in [1.165, 1.54) is 25.0 Å². The fourth-order valence-electron chi connectivity index (χ4n) is 3.53. The number of nitrogens with zero attached hydrogens (tertiary/aromatic N) is 2. The van der Waals surface area contributed by atoms with Gasteiger partial charge in [-0.1, -0.05) is 12.1 Å². The number of guanidine groups is 1. The number of rotatable bonds is 5. The van der Waals surface area contributed by atoms with Crippen LogP contribution in [0.5, 0.6) is 0 Å². The number of fused-ring (bicyclic) bond motifs is 1. The number of hydrogen-bond donors (Lipinski definition) is 2. The van der Waals surface area contributed by atoms with Gasteiger partial charge in [0.05, 0.1) is 24.8 Å². The van der Waals surface area contributed by atoms with Gasteiger partial charge in [-0.05, 0) is 44.0 Å². The third-order valence-electron chi connectivity index (χ3n) is 5.00. The fourth-order valence-corrected chi connectivity index (χ4v) is 3.53. The van der Waals surface area contributed by atoms with E-state index in [9.17, 15) is 13.2 Å². The van der Waals surface area contributed by atoms with Gasteiger partial charge >= 0.3 is 6.18 Å². The average molecular weight is 384 g/mol. The first-order valence-corrected chi connectivity index (χ1v) is 9.49. The minimum atomic E-state index is -4.31. The molecule has 1 aromatic rings. The van der Waals surface area contributed by atoms with Crippen LogP contribution in [0.15, 0.2) is 29.3 Å². The molecular formula is C19H27F3N4O. The van der Waals surface area contributed by atoms with E-state index in [0.29, 0.717) is 31.6 Å². The number of benzene rings is 1. The highest BCUT2D eigenvalue weighted by Crippen LogP contribution is 2.29. The molecule has 150 valence electrons. The van der Waals surface area contributed by atoms with Crippen LogP contribution in [0.2, 0.25) is 0 Å². The molecule has 0 bridgehead atoms. The van der Waals surface area contributed by atoms with E-state index >= 15 is 0 Å². The Kier molecular flexibility index (Phi) is 6.59. The van der Waals surface area contributed by atoms with Gasteiger partial charge in [-0.25, -0.2) is 4.99 Å². The molecule has 2 unspecified atom stereocenters. The van der Waals surface area contributed by atoms with Crippen LogP contribution in [-0.4, -0.2) is 55.8 Å². The topological polar surface area (TPSA) is 48.9 Å². The molecule has 2 heterocycles. The Morgan fingerprint density at radius 1 is 1.26 bits per heavy atom. The van der Waals surface area contributed by atoms with Crippen LogP contribution < -0.4 is 10.6 Å². The molecule has 0 aromatic heterocycles. The first-order valence-electron chi connectivity index (χ1n) is 9.49. The van der Waals surface area contributed by atoms with Gasteiger partial charge in [0.2, 0.25) is 0 Å². The van der Waals surface area contributed by atoms with Crippen LogP contribution in [0.1, 0.15) is 30.9 Å². The lowest BCUT2D eigenvalue weighted by molar-refractivity contribution is -0.137. The van der Waals surface area contributed by atoms with Crippen molar-refractivity contribution in [1.82, 2.24) is 15.5 Å². The summed E-state index contributed by atoms with van der Waals surface area (Å²) >= 11 is 0. The first-order chi connectivity index (χ1) is 13.0. The van der Waals surface area contributed by atoms with Gasteiger partial charge in [0, 0.05) is 25.7 Å². The van der Waals surface area contributed by atoms with Crippen LogP contribution in [0.4, 0.5) is 13.2 Å². The highest BCUT2D eigenvalue weighted by molar-refractivity contribution is 5.79. The summed E-state index contributed by atoms with van der Waals surface area (Å²) in [6.07, 6.45) is -1.73. The SMILES string of the molecule is CCNC(=NCc1ccc(C(F)(F)F)cc1)NCC1CN2CCCC2CO1. The normalized spacial score (nSPS) is 23.9. The maximum absolute atomic E-state index is 12.6. The molecule has 2 atom stereocenters. The molecule has 0 radical (unpaired) electrons. The van der Waals surface area contributed by atoms with Gasteiger partial charge < -0.3 is 15.4 Å². The molecular weight excluding hydrogens is 357 g/mol. The molecule has 2 fully saturated rings. The van der Waals surface area contributed by atoms with E-state index in [-0.39, 0.29) is 6.10 Å². The number of halogens is 3. The maximum atomic E-state index is 12.6. The molecule has 3 rings (SSSR count). The minimum Gasteiger partial charge on any atom is -0.373 e. The Balaban J connectivity index is 1.52. The van der Waals surface area contributed by atoms with Crippen molar-refractivity contribution in [3.63, 3.8) is 0 Å². The van der Waals surface area contributed by atoms with Crippen molar-refractivity contribution in [3.8, 4) is 0 Å². The molecule has 2 saturated heterocycles. The average Bonchev–Trinajstić information content (AvgIpc) is 3.11. The van der Waals surface area contributed by atoms with E-state index in [0.717, 1.165) is 37.4 Å². The lowest BCUT2D eigenvalue weighted by Crippen LogP contribution is -2.51. The molecule has 0 saturated carbocycles. The zero-order chi connectivity index (χ0) is 19.3. The first kappa shape index (κ1) is 19.9. The third kappa shape index (κ3) is 5.59. The predicted molar refractivity (Wildman–Crippen MR) is 98.6 cm³/mol. The molecule has 2 N–H and O–H groups in total. The molecule has 1 aromatic carbocycles. The summed E-state index contributed by atoms with van der Waals surface area (Å²) in [6.45, 7) is 6.50. The van der Waals surface area contributed by atoms with Crippen molar-refractivity contribution >= 4 is 5.96 Å². The summed E-state index contributed by atoms with van der Waals surface area (Å²) in [5.41, 5.74) is 0.0870. The van der Waals surface area contributed by atoms with Crippen molar-refractivity contribution in [3.05, 3.63) is 35.4 Å². The second-order valence-electron chi connectivity index (χ2n) is 7.02. The lowest BCUT2D eigenvalue weighted by Gasteiger charge is -2.35. The standard InChI is InChI=1S/C19H27F3N4O/c1-2-23-18(24-10-14-5-7-15(8-6-14)19(20,21)22)25-11-17-12-26-9-3-4-16(26)13-27-17/h5-8,16-17H,2-4,9-13H2,1H3,(H2,23,24,25). The Labute approximate surface area is 158 Å². The molecule has 0 aliphatic carbocycles. The van der Waals surface area contributed by atoms with Crippen molar-refractivity contribution in [2.24, 2.45) is 4.99 Å². The zero-order valence-electron chi connectivity index (χ0n) is 15.6. The van der Waals surface area contributed by atoms with Gasteiger partial charge in [-0.2, -0.15) is 13.2 Å². The van der Waals surface area contributed by atoms with Crippen LogP contribution in [-0.2, 0) is 17.5 Å². The quantitative estimate of drug-likeness (QED) is 0.605.